The Morgan fingerprint density at radius 2 is 2.00 bits per heavy atom. The molecular weight excluding hydrogens is 231 g/mol. The van der Waals surface area contributed by atoms with Crippen LogP contribution in [0.4, 0.5) is 4.39 Å². The van der Waals surface area contributed by atoms with E-state index in [1.54, 1.807) is 19.1 Å². The first kappa shape index (κ1) is 12.1. The van der Waals surface area contributed by atoms with Crippen molar-refractivity contribution in [3.05, 3.63) is 35.1 Å². The van der Waals surface area contributed by atoms with Gasteiger partial charge in [-0.05, 0) is 37.0 Å². The Morgan fingerprint density at radius 1 is 1.33 bits per heavy atom. The molecule has 3 rings (SSSR count). The average Bonchev–Trinajstić information content (AvgIpc) is 2.64. The van der Waals surface area contributed by atoms with Crippen molar-refractivity contribution in [2.75, 3.05) is 0 Å². The first-order valence-corrected chi connectivity index (χ1v) is 6.67. The maximum absolute atomic E-state index is 13.5. The maximum atomic E-state index is 13.5. The molecule has 3 heteroatoms. The lowest BCUT2D eigenvalue weighted by Gasteiger charge is -2.36. The van der Waals surface area contributed by atoms with E-state index in [0.717, 1.165) is 18.4 Å². The van der Waals surface area contributed by atoms with Crippen molar-refractivity contribution in [1.82, 2.24) is 0 Å². The lowest BCUT2D eigenvalue weighted by atomic mass is 9.84. The van der Waals surface area contributed by atoms with Crippen molar-refractivity contribution < 1.29 is 14.2 Å². The van der Waals surface area contributed by atoms with Gasteiger partial charge in [0.1, 0.15) is 5.82 Å². The first-order valence-electron chi connectivity index (χ1n) is 6.67. The molecule has 2 aliphatic rings. The monoisotopic (exact) mass is 250 g/mol. The van der Waals surface area contributed by atoms with Gasteiger partial charge in [0.25, 0.3) is 0 Å². The Balaban J connectivity index is 1.77. The lowest BCUT2D eigenvalue weighted by molar-refractivity contribution is -0.110. The zero-order valence-electron chi connectivity index (χ0n) is 10.7. The highest BCUT2D eigenvalue weighted by molar-refractivity contribution is 5.25. The molecule has 2 heterocycles. The Bertz CT molecular complexity index is 446. The van der Waals surface area contributed by atoms with Crippen molar-refractivity contribution in [3.63, 3.8) is 0 Å². The molecule has 0 radical (unpaired) electrons. The minimum Gasteiger partial charge on any atom is -0.389 e. The predicted molar refractivity (Wildman–Crippen MR) is 66.9 cm³/mol. The van der Waals surface area contributed by atoms with Gasteiger partial charge in [-0.1, -0.05) is 12.1 Å². The number of hydrogen-bond donors (Lipinski definition) is 1. The van der Waals surface area contributed by atoms with Crippen molar-refractivity contribution >= 4 is 0 Å². The van der Waals surface area contributed by atoms with Gasteiger partial charge in [-0.15, -0.1) is 0 Å². The van der Waals surface area contributed by atoms with Crippen LogP contribution in [-0.4, -0.2) is 22.9 Å². The van der Waals surface area contributed by atoms with Crippen LogP contribution >= 0.6 is 0 Å². The predicted octanol–water partition coefficient (Wildman–Crippen LogP) is 2.75. The number of hydrogen-bond acceptors (Lipinski definition) is 2. The molecule has 2 aliphatic heterocycles. The summed E-state index contributed by atoms with van der Waals surface area (Å²) in [5, 5.41) is 10.7. The first-order chi connectivity index (χ1) is 8.54. The van der Waals surface area contributed by atoms with E-state index in [1.807, 2.05) is 6.07 Å². The van der Waals surface area contributed by atoms with E-state index in [4.69, 9.17) is 4.74 Å². The molecule has 2 saturated heterocycles. The van der Waals surface area contributed by atoms with Crippen LogP contribution in [0.15, 0.2) is 18.2 Å². The van der Waals surface area contributed by atoms with Crippen LogP contribution in [0, 0.1) is 12.7 Å². The van der Waals surface area contributed by atoms with Crippen LogP contribution in [0.2, 0.25) is 0 Å². The molecule has 1 N–H and O–H groups in total. The van der Waals surface area contributed by atoms with E-state index >= 15 is 0 Å². The summed E-state index contributed by atoms with van der Waals surface area (Å²) in [6.45, 7) is 1.75. The average molecular weight is 250 g/mol. The fourth-order valence-corrected chi connectivity index (χ4v) is 3.28. The fourth-order valence-electron chi connectivity index (χ4n) is 3.28. The van der Waals surface area contributed by atoms with Crippen LogP contribution in [-0.2, 0) is 11.2 Å². The van der Waals surface area contributed by atoms with Gasteiger partial charge in [-0.2, -0.15) is 0 Å². The van der Waals surface area contributed by atoms with Crippen LogP contribution < -0.4 is 0 Å². The van der Waals surface area contributed by atoms with Gasteiger partial charge in [0, 0.05) is 19.3 Å². The van der Waals surface area contributed by atoms with E-state index in [0.29, 0.717) is 24.8 Å². The summed E-state index contributed by atoms with van der Waals surface area (Å²) in [7, 11) is 0. The molecule has 2 atom stereocenters. The smallest absolute Gasteiger partial charge is 0.126 e. The van der Waals surface area contributed by atoms with Gasteiger partial charge in [0.05, 0.1) is 17.8 Å². The van der Waals surface area contributed by atoms with Gasteiger partial charge >= 0.3 is 0 Å². The van der Waals surface area contributed by atoms with Crippen LogP contribution in [0.3, 0.4) is 0 Å². The topological polar surface area (TPSA) is 29.5 Å². The van der Waals surface area contributed by atoms with E-state index in [9.17, 15) is 9.50 Å². The van der Waals surface area contributed by atoms with Crippen molar-refractivity contribution in [2.45, 2.75) is 56.8 Å². The van der Waals surface area contributed by atoms with Gasteiger partial charge in [-0.25, -0.2) is 4.39 Å². The normalized spacial score (nSPS) is 34.8. The second kappa shape index (κ2) is 4.32. The van der Waals surface area contributed by atoms with Crippen molar-refractivity contribution in [2.24, 2.45) is 0 Å². The summed E-state index contributed by atoms with van der Waals surface area (Å²) in [6, 6.07) is 5.24. The highest BCUT2D eigenvalue weighted by atomic mass is 19.1. The summed E-state index contributed by atoms with van der Waals surface area (Å²) < 4.78 is 19.3. The molecular formula is C15H19FO2. The summed E-state index contributed by atoms with van der Waals surface area (Å²) in [5.74, 6) is -0.189. The SMILES string of the molecule is Cc1ccc(CC2(O)CC3CCC(C2)O3)cc1F. The number of rotatable bonds is 2. The third-order valence-electron chi connectivity index (χ3n) is 4.18. The standard InChI is InChI=1S/C15H19FO2/c1-10-2-3-11(6-14(10)16)7-15(17)8-12-4-5-13(9-15)18-12/h2-3,6,12-13,17H,4-5,7-9H2,1H3. The molecule has 0 saturated carbocycles. The minimum absolute atomic E-state index is 0.189. The number of fused-ring (bicyclic) bond motifs is 2. The summed E-state index contributed by atoms with van der Waals surface area (Å²) in [5.41, 5.74) is 0.811. The molecule has 18 heavy (non-hydrogen) atoms. The molecule has 2 bridgehead atoms. The second-order valence-electron chi connectivity index (χ2n) is 5.85. The van der Waals surface area contributed by atoms with E-state index in [1.165, 1.54) is 0 Å². The van der Waals surface area contributed by atoms with Gasteiger partial charge < -0.3 is 9.84 Å². The quantitative estimate of drug-likeness (QED) is 0.874. The van der Waals surface area contributed by atoms with Gasteiger partial charge in [0.2, 0.25) is 0 Å². The molecule has 1 aromatic rings. The molecule has 0 aromatic heterocycles. The fraction of sp³-hybridized carbons (Fsp3) is 0.600. The van der Waals surface area contributed by atoms with Crippen LogP contribution in [0.25, 0.3) is 0 Å². The van der Waals surface area contributed by atoms with E-state index < -0.39 is 5.60 Å². The number of aryl methyl sites for hydroxylation is 1. The molecule has 1 aromatic carbocycles. The number of ether oxygens (including phenoxy) is 1. The van der Waals surface area contributed by atoms with Gasteiger partial charge in [0.15, 0.2) is 0 Å². The van der Waals surface area contributed by atoms with Crippen LogP contribution in [0.1, 0.15) is 36.8 Å². The Labute approximate surface area is 107 Å². The third kappa shape index (κ3) is 2.29. The van der Waals surface area contributed by atoms with Crippen molar-refractivity contribution in [1.29, 1.82) is 0 Å². The molecule has 2 nitrogen and oxygen atoms in total. The van der Waals surface area contributed by atoms with Crippen LogP contribution in [0.5, 0.6) is 0 Å². The minimum atomic E-state index is -0.716. The number of halogens is 1. The molecule has 0 spiro atoms. The summed E-state index contributed by atoms with van der Waals surface area (Å²) in [6.07, 6.45) is 4.39. The second-order valence-corrected chi connectivity index (χ2v) is 5.85. The molecule has 2 unspecified atom stereocenters. The number of aliphatic hydroxyl groups is 1. The van der Waals surface area contributed by atoms with Crippen molar-refractivity contribution in [3.8, 4) is 0 Å². The molecule has 0 amide bonds. The van der Waals surface area contributed by atoms with E-state index in [-0.39, 0.29) is 18.0 Å². The lowest BCUT2D eigenvalue weighted by Crippen LogP contribution is -2.42. The zero-order valence-corrected chi connectivity index (χ0v) is 10.7. The molecule has 98 valence electrons. The molecule has 2 fully saturated rings. The Hall–Kier alpha value is -0.930. The third-order valence-corrected chi connectivity index (χ3v) is 4.18. The number of benzene rings is 1. The highest BCUT2D eigenvalue weighted by Gasteiger charge is 2.43. The summed E-state index contributed by atoms with van der Waals surface area (Å²) in [4.78, 5) is 0. The van der Waals surface area contributed by atoms with E-state index in [2.05, 4.69) is 0 Å². The zero-order chi connectivity index (χ0) is 12.8. The Kier molecular flexibility index (Phi) is 2.91. The molecule has 0 aliphatic carbocycles. The highest BCUT2D eigenvalue weighted by Crippen LogP contribution is 2.40. The summed E-state index contributed by atoms with van der Waals surface area (Å²) >= 11 is 0. The van der Waals surface area contributed by atoms with Gasteiger partial charge in [-0.3, -0.25) is 0 Å². The Morgan fingerprint density at radius 3 is 2.61 bits per heavy atom. The largest absolute Gasteiger partial charge is 0.389 e. The maximum Gasteiger partial charge on any atom is 0.126 e.